The molecule has 0 saturated heterocycles. The van der Waals surface area contributed by atoms with Crippen LogP contribution in [0.2, 0.25) is 5.02 Å². The minimum Gasteiger partial charge on any atom is -0.350 e. The van der Waals surface area contributed by atoms with Gasteiger partial charge in [-0.3, -0.25) is 8.86 Å². The number of halogens is 5. The van der Waals surface area contributed by atoms with Crippen LogP contribution in [0.3, 0.4) is 0 Å². The average molecular weight is 706 g/mol. The molecule has 6 rings (SSSR count). The van der Waals surface area contributed by atoms with E-state index in [4.69, 9.17) is 20.9 Å². The first-order valence-electron chi connectivity index (χ1n) is 15.1. The molecule has 16 heteroatoms. The summed E-state index contributed by atoms with van der Waals surface area (Å²) in [6.45, 7) is 7.84. The molecule has 0 fully saturated rings. The Balaban J connectivity index is 1.35. The maximum Gasteiger partial charge on any atom is 0.434 e. The summed E-state index contributed by atoms with van der Waals surface area (Å²) in [5.41, 5.74) is 1.27. The van der Waals surface area contributed by atoms with Gasteiger partial charge in [-0.05, 0) is 57.5 Å². The normalized spacial score (nSPS) is 15.4. The Hall–Kier alpha value is -4.21. The molecule has 3 aromatic heterocycles. The second-order valence-corrected chi connectivity index (χ2v) is 13.8. The molecule has 254 valence electrons. The third kappa shape index (κ3) is 6.58. The van der Waals surface area contributed by atoms with Crippen LogP contribution in [0.15, 0.2) is 65.8 Å². The first kappa shape index (κ1) is 33.7. The second-order valence-electron chi connectivity index (χ2n) is 11.9. The topological polar surface area (TPSA) is 100 Å². The number of nitrogens with zero attached hydrogens (tertiary/aromatic N) is 7. The first-order valence-corrected chi connectivity index (χ1v) is 16.9. The van der Waals surface area contributed by atoms with Crippen LogP contribution >= 0.6 is 11.6 Å². The molecule has 1 aliphatic heterocycles. The van der Waals surface area contributed by atoms with Crippen molar-refractivity contribution < 1.29 is 30.2 Å². The van der Waals surface area contributed by atoms with Crippen LogP contribution in [0.25, 0.3) is 22.8 Å². The lowest BCUT2D eigenvalue weighted by Crippen LogP contribution is -2.43. The van der Waals surface area contributed by atoms with Crippen molar-refractivity contribution >= 4 is 27.5 Å². The molecule has 1 aliphatic rings. The highest BCUT2D eigenvalue weighted by Gasteiger charge is 2.36. The van der Waals surface area contributed by atoms with Crippen LogP contribution < -0.4 is 4.90 Å². The van der Waals surface area contributed by atoms with Gasteiger partial charge >= 0.3 is 6.18 Å². The summed E-state index contributed by atoms with van der Waals surface area (Å²) in [5, 5.41) is 9.50. The SMILES string of the molecule is CCn1cc(C(F)(F)F)nc1-c1ccc(CN2CC(OS(=O)(=O)c3ccc(C)cc3)Cn3nc(-c4c(Cl)cnn4C(C)C)cc32)cc1F. The Bertz CT molecular complexity index is 2070. The monoisotopic (exact) mass is 705 g/mol. The summed E-state index contributed by atoms with van der Waals surface area (Å²) >= 11 is 6.52. The smallest absolute Gasteiger partial charge is 0.350 e. The van der Waals surface area contributed by atoms with Crippen LogP contribution in [0.5, 0.6) is 0 Å². The number of aryl methyl sites for hydroxylation is 2. The van der Waals surface area contributed by atoms with Crippen LogP contribution in [0.1, 0.15) is 43.6 Å². The number of imidazole rings is 1. The number of alkyl halides is 3. The van der Waals surface area contributed by atoms with E-state index in [1.54, 1.807) is 40.6 Å². The van der Waals surface area contributed by atoms with Gasteiger partial charge in [0.1, 0.15) is 35.0 Å². The molecule has 0 bridgehead atoms. The highest BCUT2D eigenvalue weighted by Crippen LogP contribution is 2.36. The Labute approximate surface area is 279 Å². The zero-order chi connectivity index (χ0) is 34.5. The predicted octanol–water partition coefficient (Wildman–Crippen LogP) is 7.12. The second kappa shape index (κ2) is 12.7. The summed E-state index contributed by atoms with van der Waals surface area (Å²) in [7, 11) is -4.15. The van der Waals surface area contributed by atoms with Gasteiger partial charge in [0.25, 0.3) is 10.1 Å². The van der Waals surface area contributed by atoms with Crippen molar-refractivity contribution in [2.24, 2.45) is 0 Å². The highest BCUT2D eigenvalue weighted by molar-refractivity contribution is 7.86. The zero-order valence-electron chi connectivity index (χ0n) is 26.4. The van der Waals surface area contributed by atoms with Crippen molar-refractivity contribution in [3.8, 4) is 22.8 Å². The quantitative estimate of drug-likeness (QED) is 0.119. The fourth-order valence-electron chi connectivity index (χ4n) is 5.69. The van der Waals surface area contributed by atoms with E-state index in [1.165, 1.54) is 35.0 Å². The maximum absolute atomic E-state index is 15.6. The van der Waals surface area contributed by atoms with Gasteiger partial charge in [-0.25, -0.2) is 14.1 Å². The summed E-state index contributed by atoms with van der Waals surface area (Å²) in [6, 6.07) is 12.3. The van der Waals surface area contributed by atoms with Crippen molar-refractivity contribution in [2.45, 2.75) is 70.5 Å². The molecule has 0 aliphatic carbocycles. The number of aromatic nitrogens is 6. The fourth-order valence-corrected chi connectivity index (χ4v) is 6.97. The molecule has 0 N–H and O–H groups in total. The number of hydrogen-bond donors (Lipinski definition) is 0. The summed E-state index contributed by atoms with van der Waals surface area (Å²) in [6.07, 6.45) is -3.16. The van der Waals surface area contributed by atoms with E-state index in [9.17, 15) is 21.6 Å². The molecule has 10 nitrogen and oxygen atoms in total. The molecule has 0 spiro atoms. The van der Waals surface area contributed by atoms with Crippen molar-refractivity contribution in [3.05, 3.63) is 88.6 Å². The molecule has 1 atom stereocenters. The van der Waals surface area contributed by atoms with Crippen molar-refractivity contribution in [3.63, 3.8) is 0 Å². The Morgan fingerprint density at radius 2 is 1.81 bits per heavy atom. The summed E-state index contributed by atoms with van der Waals surface area (Å²) in [4.78, 5) is 5.49. The molecule has 0 saturated carbocycles. The van der Waals surface area contributed by atoms with E-state index in [0.717, 1.165) is 11.8 Å². The minimum atomic E-state index is -4.68. The average Bonchev–Trinajstić information content (AvgIpc) is 3.73. The Morgan fingerprint density at radius 1 is 1.08 bits per heavy atom. The number of anilines is 1. The van der Waals surface area contributed by atoms with Gasteiger partial charge in [-0.2, -0.15) is 31.8 Å². The van der Waals surface area contributed by atoms with Gasteiger partial charge < -0.3 is 9.47 Å². The third-order valence-electron chi connectivity index (χ3n) is 7.99. The van der Waals surface area contributed by atoms with E-state index in [0.29, 0.717) is 27.8 Å². The van der Waals surface area contributed by atoms with Gasteiger partial charge in [-0.1, -0.05) is 35.4 Å². The zero-order valence-corrected chi connectivity index (χ0v) is 28.0. The fraction of sp³-hybridized carbons (Fsp3) is 0.344. The van der Waals surface area contributed by atoms with Gasteiger partial charge in [-0.15, -0.1) is 0 Å². The van der Waals surface area contributed by atoms with Crippen LogP contribution in [-0.4, -0.2) is 50.2 Å². The molecule has 1 unspecified atom stereocenters. The van der Waals surface area contributed by atoms with Crippen LogP contribution in [0.4, 0.5) is 23.4 Å². The predicted molar refractivity (Wildman–Crippen MR) is 171 cm³/mol. The largest absolute Gasteiger partial charge is 0.434 e. The van der Waals surface area contributed by atoms with Crippen LogP contribution in [0, 0.1) is 12.7 Å². The molecule has 0 amide bonds. The minimum absolute atomic E-state index is 0.0102. The highest BCUT2D eigenvalue weighted by atomic mass is 35.5. The first-order chi connectivity index (χ1) is 22.6. The number of rotatable bonds is 9. The Kier molecular flexibility index (Phi) is 8.89. The van der Waals surface area contributed by atoms with Gasteiger partial charge in [0, 0.05) is 37.9 Å². The molecule has 48 heavy (non-hydrogen) atoms. The van der Waals surface area contributed by atoms with E-state index in [1.807, 2.05) is 25.7 Å². The van der Waals surface area contributed by atoms with Gasteiger partial charge in [0.2, 0.25) is 0 Å². The van der Waals surface area contributed by atoms with E-state index in [2.05, 4.69) is 10.1 Å². The van der Waals surface area contributed by atoms with Crippen molar-refractivity contribution in [1.29, 1.82) is 0 Å². The van der Waals surface area contributed by atoms with E-state index in [-0.39, 0.29) is 48.5 Å². The lowest BCUT2D eigenvalue weighted by atomic mass is 10.1. The van der Waals surface area contributed by atoms with Gasteiger partial charge in [0.05, 0.1) is 28.2 Å². The van der Waals surface area contributed by atoms with E-state index >= 15 is 4.39 Å². The molecule has 0 radical (unpaired) electrons. The number of benzene rings is 2. The standard InChI is InChI=1S/C32H32ClF4N7O3S/c1-5-41-18-28(32(35,36)37)39-31(41)24-11-8-21(12-26(24)34)15-42-16-22(47-48(45,46)23-9-6-20(4)7-10-23)17-43-29(42)13-27(40-43)30-25(33)14-38-44(30)19(2)3/h6-14,18-19,22H,5,15-17H2,1-4H3. The number of fused-ring (bicyclic) bond motifs is 1. The lowest BCUT2D eigenvalue weighted by molar-refractivity contribution is -0.140. The maximum atomic E-state index is 15.6. The number of hydrogen-bond acceptors (Lipinski definition) is 7. The summed E-state index contributed by atoms with van der Waals surface area (Å²) in [5.74, 6) is -0.288. The van der Waals surface area contributed by atoms with Crippen LogP contribution in [-0.2, 0) is 40.1 Å². The van der Waals surface area contributed by atoms with Crippen molar-refractivity contribution in [1.82, 2.24) is 29.1 Å². The molecule has 4 heterocycles. The Morgan fingerprint density at radius 3 is 2.46 bits per heavy atom. The molecular weight excluding hydrogens is 674 g/mol. The van der Waals surface area contributed by atoms with Crippen molar-refractivity contribution in [2.75, 3.05) is 11.4 Å². The third-order valence-corrected chi connectivity index (χ3v) is 9.65. The summed E-state index contributed by atoms with van der Waals surface area (Å²) < 4.78 is 92.5. The molecule has 2 aromatic carbocycles. The lowest BCUT2D eigenvalue weighted by Gasteiger charge is -2.34. The van der Waals surface area contributed by atoms with E-state index < -0.39 is 33.9 Å². The van der Waals surface area contributed by atoms with Gasteiger partial charge in [0.15, 0.2) is 5.69 Å². The molecule has 5 aromatic rings. The molecular formula is C32H32ClF4N7O3S.